The van der Waals surface area contributed by atoms with E-state index in [1.165, 1.54) is 11.1 Å². The lowest BCUT2D eigenvalue weighted by Crippen LogP contribution is -2.49. The first kappa shape index (κ1) is 19.9. The average molecular weight is 347 g/mol. The van der Waals surface area contributed by atoms with Crippen LogP contribution in [0.4, 0.5) is 5.69 Å². The van der Waals surface area contributed by atoms with Crippen LogP contribution in [0.5, 0.6) is 0 Å². The molecule has 1 aromatic rings. The van der Waals surface area contributed by atoms with Gasteiger partial charge in [0.1, 0.15) is 0 Å². The number of likely N-dealkylation sites (tertiary alicyclic amines) is 1. The monoisotopic (exact) mass is 346 g/mol. The molecule has 4 nitrogen and oxygen atoms in total. The van der Waals surface area contributed by atoms with Crippen molar-refractivity contribution < 1.29 is 9.90 Å². The summed E-state index contributed by atoms with van der Waals surface area (Å²) in [7, 11) is 0. The summed E-state index contributed by atoms with van der Waals surface area (Å²) >= 11 is 0. The molecule has 0 spiro atoms. The summed E-state index contributed by atoms with van der Waals surface area (Å²) in [5.74, 6) is 0.0728. The van der Waals surface area contributed by atoms with Gasteiger partial charge in [0.25, 0.3) is 0 Å². The predicted molar refractivity (Wildman–Crippen MR) is 104 cm³/mol. The van der Waals surface area contributed by atoms with Crippen molar-refractivity contribution in [2.24, 2.45) is 5.41 Å². The van der Waals surface area contributed by atoms with Crippen molar-refractivity contribution in [1.29, 1.82) is 0 Å². The van der Waals surface area contributed by atoms with Gasteiger partial charge in [-0.3, -0.25) is 9.69 Å². The van der Waals surface area contributed by atoms with Crippen LogP contribution in [-0.2, 0) is 17.6 Å². The van der Waals surface area contributed by atoms with Gasteiger partial charge >= 0.3 is 0 Å². The first-order valence-corrected chi connectivity index (χ1v) is 9.76. The Morgan fingerprint density at radius 1 is 1.20 bits per heavy atom. The lowest BCUT2D eigenvalue weighted by atomic mass is 9.76. The number of hydrogen-bond acceptors (Lipinski definition) is 3. The fourth-order valence-corrected chi connectivity index (χ4v) is 3.81. The summed E-state index contributed by atoms with van der Waals surface area (Å²) < 4.78 is 0. The molecule has 0 saturated carbocycles. The molecule has 0 bridgehead atoms. The van der Waals surface area contributed by atoms with Crippen LogP contribution < -0.4 is 5.32 Å². The van der Waals surface area contributed by atoms with Gasteiger partial charge in [0.15, 0.2) is 0 Å². The van der Waals surface area contributed by atoms with Crippen LogP contribution in [-0.4, -0.2) is 41.7 Å². The second-order valence-electron chi connectivity index (χ2n) is 7.37. The SMILES string of the molecule is CCc1cccc(CC)c1NC(=O)C(C)N1CCC(CC)(CO)CC1. The summed E-state index contributed by atoms with van der Waals surface area (Å²) in [6.07, 6.45) is 4.75. The van der Waals surface area contributed by atoms with Crippen molar-refractivity contribution in [2.75, 3.05) is 25.0 Å². The topological polar surface area (TPSA) is 52.6 Å². The molecule has 0 aliphatic carbocycles. The highest BCUT2D eigenvalue weighted by Crippen LogP contribution is 2.35. The second kappa shape index (κ2) is 8.81. The molecule has 1 aliphatic rings. The highest BCUT2D eigenvalue weighted by atomic mass is 16.3. The van der Waals surface area contributed by atoms with E-state index < -0.39 is 0 Å². The smallest absolute Gasteiger partial charge is 0.241 e. The van der Waals surface area contributed by atoms with Crippen molar-refractivity contribution in [3.63, 3.8) is 0 Å². The molecule has 2 N–H and O–H groups in total. The number of nitrogens with zero attached hydrogens (tertiary/aromatic N) is 1. The standard InChI is InChI=1S/C21H34N2O2/c1-5-17-9-8-10-18(6-2)19(17)22-20(25)16(4)23-13-11-21(7-3,15-24)12-14-23/h8-10,16,24H,5-7,11-15H2,1-4H3,(H,22,25). The molecule has 1 fully saturated rings. The average Bonchev–Trinajstić information content (AvgIpc) is 2.67. The Morgan fingerprint density at radius 2 is 1.76 bits per heavy atom. The summed E-state index contributed by atoms with van der Waals surface area (Å²) in [5.41, 5.74) is 3.45. The first-order valence-electron chi connectivity index (χ1n) is 9.76. The number of carbonyl (C=O) groups excluding carboxylic acids is 1. The highest BCUT2D eigenvalue weighted by molar-refractivity contribution is 5.96. The molecular weight excluding hydrogens is 312 g/mol. The highest BCUT2D eigenvalue weighted by Gasteiger charge is 2.35. The number of amides is 1. The first-order chi connectivity index (χ1) is 12.0. The minimum Gasteiger partial charge on any atom is -0.396 e. The molecule has 2 rings (SSSR count). The Balaban J connectivity index is 2.05. The Morgan fingerprint density at radius 3 is 2.20 bits per heavy atom. The molecule has 1 aliphatic heterocycles. The van der Waals surface area contributed by atoms with E-state index in [9.17, 15) is 9.90 Å². The number of carbonyl (C=O) groups is 1. The number of anilines is 1. The van der Waals surface area contributed by atoms with Gasteiger partial charge in [-0.1, -0.05) is 39.0 Å². The number of nitrogens with one attached hydrogen (secondary N) is 1. The van der Waals surface area contributed by atoms with Crippen LogP contribution in [0.2, 0.25) is 0 Å². The van der Waals surface area contributed by atoms with E-state index in [0.29, 0.717) is 0 Å². The Kier molecular flexibility index (Phi) is 7.03. The van der Waals surface area contributed by atoms with Gasteiger partial charge < -0.3 is 10.4 Å². The number of piperidine rings is 1. The van der Waals surface area contributed by atoms with Crippen molar-refractivity contribution in [2.45, 2.75) is 65.8 Å². The van der Waals surface area contributed by atoms with E-state index in [2.05, 4.69) is 49.2 Å². The molecule has 1 atom stereocenters. The van der Waals surface area contributed by atoms with Gasteiger partial charge in [0, 0.05) is 12.3 Å². The van der Waals surface area contributed by atoms with Crippen LogP contribution in [0.1, 0.15) is 58.1 Å². The maximum atomic E-state index is 12.8. The van der Waals surface area contributed by atoms with Gasteiger partial charge in [-0.05, 0) is 68.7 Å². The maximum absolute atomic E-state index is 12.8. The summed E-state index contributed by atoms with van der Waals surface area (Å²) in [6, 6.07) is 6.11. The number of aliphatic hydroxyl groups is 1. The number of aliphatic hydroxyl groups excluding tert-OH is 1. The van der Waals surface area contributed by atoms with Crippen LogP contribution in [0, 0.1) is 5.41 Å². The van der Waals surface area contributed by atoms with Crippen molar-refractivity contribution >= 4 is 11.6 Å². The van der Waals surface area contributed by atoms with Crippen LogP contribution in [0.3, 0.4) is 0 Å². The van der Waals surface area contributed by atoms with Crippen LogP contribution in [0.15, 0.2) is 18.2 Å². The zero-order valence-corrected chi connectivity index (χ0v) is 16.3. The van der Waals surface area contributed by atoms with Gasteiger partial charge in [-0.15, -0.1) is 0 Å². The van der Waals surface area contributed by atoms with E-state index in [1.54, 1.807) is 0 Å². The number of benzene rings is 1. The summed E-state index contributed by atoms with van der Waals surface area (Å²) in [6.45, 7) is 10.4. The molecule has 1 heterocycles. The largest absolute Gasteiger partial charge is 0.396 e. The number of rotatable bonds is 7. The lowest BCUT2D eigenvalue weighted by molar-refractivity contribution is -0.121. The molecule has 25 heavy (non-hydrogen) atoms. The van der Waals surface area contributed by atoms with E-state index >= 15 is 0 Å². The zero-order valence-electron chi connectivity index (χ0n) is 16.3. The van der Waals surface area contributed by atoms with Crippen LogP contribution in [0.25, 0.3) is 0 Å². The third kappa shape index (κ3) is 4.42. The number of hydrogen-bond donors (Lipinski definition) is 2. The van der Waals surface area contributed by atoms with E-state index in [0.717, 1.165) is 50.9 Å². The molecule has 1 unspecified atom stereocenters. The van der Waals surface area contributed by atoms with Gasteiger partial charge in [-0.2, -0.15) is 0 Å². The quantitative estimate of drug-likeness (QED) is 0.793. The fraction of sp³-hybridized carbons (Fsp3) is 0.667. The van der Waals surface area contributed by atoms with Gasteiger partial charge in [-0.25, -0.2) is 0 Å². The molecule has 1 aromatic carbocycles. The number of aryl methyl sites for hydroxylation is 2. The molecule has 0 radical (unpaired) electrons. The van der Waals surface area contributed by atoms with E-state index in [1.807, 2.05) is 6.92 Å². The van der Waals surface area contributed by atoms with E-state index in [4.69, 9.17) is 0 Å². The Hall–Kier alpha value is -1.39. The Bertz CT molecular complexity index is 549. The lowest BCUT2D eigenvalue weighted by Gasteiger charge is -2.42. The Labute approximate surface area is 152 Å². The fourth-order valence-electron chi connectivity index (χ4n) is 3.81. The normalized spacial score (nSPS) is 18.8. The third-order valence-electron chi connectivity index (χ3n) is 6.12. The van der Waals surface area contributed by atoms with Crippen molar-refractivity contribution in [3.05, 3.63) is 29.3 Å². The molecule has 0 aromatic heterocycles. The van der Waals surface area contributed by atoms with E-state index in [-0.39, 0.29) is 24.0 Å². The minimum absolute atomic E-state index is 0.0525. The molecule has 4 heteroatoms. The predicted octanol–water partition coefficient (Wildman–Crippen LogP) is 3.62. The van der Waals surface area contributed by atoms with Crippen LogP contribution >= 0.6 is 0 Å². The van der Waals surface area contributed by atoms with Gasteiger partial charge in [0.05, 0.1) is 6.04 Å². The molecule has 140 valence electrons. The minimum atomic E-state index is -0.150. The van der Waals surface area contributed by atoms with Gasteiger partial charge in [0.2, 0.25) is 5.91 Å². The maximum Gasteiger partial charge on any atom is 0.241 e. The second-order valence-corrected chi connectivity index (χ2v) is 7.37. The molecule has 1 saturated heterocycles. The third-order valence-corrected chi connectivity index (χ3v) is 6.12. The summed E-state index contributed by atoms with van der Waals surface area (Å²) in [5, 5.41) is 12.9. The zero-order chi connectivity index (χ0) is 18.4. The number of para-hydroxylation sites is 1. The summed E-state index contributed by atoms with van der Waals surface area (Å²) in [4.78, 5) is 15.1. The molecule has 1 amide bonds. The van der Waals surface area contributed by atoms with Crippen molar-refractivity contribution in [1.82, 2.24) is 4.90 Å². The van der Waals surface area contributed by atoms with Crippen molar-refractivity contribution in [3.8, 4) is 0 Å². The molecular formula is C21H34N2O2.